The van der Waals surface area contributed by atoms with E-state index in [1.807, 2.05) is 18.2 Å². The molecule has 1 saturated heterocycles. The number of aromatic nitrogens is 1. The van der Waals surface area contributed by atoms with Crippen LogP contribution in [0.2, 0.25) is 0 Å². The van der Waals surface area contributed by atoms with Crippen LogP contribution >= 0.6 is 0 Å². The molecule has 0 amide bonds. The second kappa shape index (κ2) is 7.19. The quantitative estimate of drug-likeness (QED) is 0.821. The van der Waals surface area contributed by atoms with Crippen molar-refractivity contribution in [3.8, 4) is 0 Å². The second-order valence-electron chi connectivity index (χ2n) is 6.42. The molecule has 0 bridgehead atoms. The number of hydrogen-bond donors (Lipinski definition) is 0. The van der Waals surface area contributed by atoms with Gasteiger partial charge >= 0.3 is 0 Å². The molecule has 1 aliphatic heterocycles. The van der Waals surface area contributed by atoms with Gasteiger partial charge in [0, 0.05) is 32.8 Å². The summed E-state index contributed by atoms with van der Waals surface area (Å²) < 4.78 is 40.8. The Labute approximate surface area is 148 Å². The van der Waals surface area contributed by atoms with Crippen molar-refractivity contribution in [3.05, 3.63) is 65.2 Å². The Balaban J connectivity index is 1.84. The van der Waals surface area contributed by atoms with Crippen LogP contribution in [0.5, 0.6) is 0 Å². The van der Waals surface area contributed by atoms with Crippen molar-refractivity contribution in [1.29, 1.82) is 0 Å². The maximum atomic E-state index is 13.0. The smallest absolute Gasteiger partial charge is 0.256 e. The van der Waals surface area contributed by atoms with Gasteiger partial charge in [-0.3, -0.25) is 4.98 Å². The highest BCUT2D eigenvalue weighted by atomic mass is 32.2. The summed E-state index contributed by atoms with van der Waals surface area (Å²) >= 11 is 0. The Morgan fingerprint density at radius 2 is 1.92 bits per heavy atom. The number of benzene rings is 1. The molecule has 5 nitrogen and oxygen atoms in total. The molecule has 1 aliphatic rings. The van der Waals surface area contributed by atoms with Crippen LogP contribution in [0.15, 0.2) is 42.5 Å². The van der Waals surface area contributed by atoms with Gasteiger partial charge in [0.15, 0.2) is 0 Å². The minimum Gasteiger partial charge on any atom is -0.256 e. The average Bonchev–Trinajstić information content (AvgIpc) is 3.07. The predicted molar refractivity (Wildman–Crippen MR) is 94.7 cm³/mol. The normalized spacial score (nSPS) is 18.8. The SMILES string of the molecule is CN(C)S(=O)(=O)N1CCC[C@H]1c1cccc(Cc2ccc(F)cc2)n1. The molecule has 2 aromatic rings. The van der Waals surface area contributed by atoms with E-state index >= 15 is 0 Å². The van der Waals surface area contributed by atoms with Gasteiger partial charge in [-0.15, -0.1) is 0 Å². The zero-order valence-corrected chi connectivity index (χ0v) is 15.2. The lowest BCUT2D eigenvalue weighted by molar-refractivity contribution is 0.357. The molecule has 0 saturated carbocycles. The van der Waals surface area contributed by atoms with E-state index in [-0.39, 0.29) is 11.9 Å². The van der Waals surface area contributed by atoms with Crippen LogP contribution in [0, 0.1) is 5.82 Å². The molecule has 25 heavy (non-hydrogen) atoms. The van der Waals surface area contributed by atoms with Gasteiger partial charge in [-0.25, -0.2) is 4.39 Å². The number of nitrogens with zero attached hydrogens (tertiary/aromatic N) is 3. The molecule has 1 fully saturated rings. The van der Waals surface area contributed by atoms with E-state index in [9.17, 15) is 12.8 Å². The number of pyridine rings is 1. The monoisotopic (exact) mass is 363 g/mol. The Bertz CT molecular complexity index is 838. The van der Waals surface area contributed by atoms with Crippen LogP contribution in [0.4, 0.5) is 4.39 Å². The lowest BCUT2D eigenvalue weighted by atomic mass is 10.1. The van der Waals surface area contributed by atoms with Crippen LogP contribution in [-0.4, -0.2) is 42.7 Å². The molecule has 1 atom stereocenters. The summed E-state index contributed by atoms with van der Waals surface area (Å²) in [5.74, 6) is -0.263. The largest absolute Gasteiger partial charge is 0.282 e. The van der Waals surface area contributed by atoms with Crippen molar-refractivity contribution in [2.45, 2.75) is 25.3 Å². The van der Waals surface area contributed by atoms with Crippen LogP contribution in [0.1, 0.15) is 35.8 Å². The first kappa shape index (κ1) is 18.0. The van der Waals surface area contributed by atoms with Crippen molar-refractivity contribution < 1.29 is 12.8 Å². The summed E-state index contributed by atoms with van der Waals surface area (Å²) in [4.78, 5) is 4.68. The van der Waals surface area contributed by atoms with Crippen LogP contribution in [0.3, 0.4) is 0 Å². The van der Waals surface area contributed by atoms with Crippen LogP contribution in [0.25, 0.3) is 0 Å². The van der Waals surface area contributed by atoms with E-state index < -0.39 is 10.2 Å². The third kappa shape index (κ3) is 3.89. The summed E-state index contributed by atoms with van der Waals surface area (Å²) in [5.41, 5.74) is 2.58. The molecule has 0 unspecified atom stereocenters. The molecular formula is C18H22FN3O2S. The highest BCUT2D eigenvalue weighted by molar-refractivity contribution is 7.86. The fraction of sp³-hybridized carbons (Fsp3) is 0.389. The van der Waals surface area contributed by atoms with Gasteiger partial charge in [-0.2, -0.15) is 17.0 Å². The molecule has 1 aromatic carbocycles. The van der Waals surface area contributed by atoms with Gasteiger partial charge < -0.3 is 0 Å². The van der Waals surface area contributed by atoms with Crippen molar-refractivity contribution >= 4 is 10.2 Å². The molecule has 0 spiro atoms. The van der Waals surface area contributed by atoms with Crippen molar-refractivity contribution in [3.63, 3.8) is 0 Å². The van der Waals surface area contributed by atoms with Gasteiger partial charge in [0.1, 0.15) is 5.82 Å². The summed E-state index contributed by atoms with van der Waals surface area (Å²) in [6.45, 7) is 0.509. The first-order valence-electron chi connectivity index (χ1n) is 8.27. The lowest BCUT2D eigenvalue weighted by Crippen LogP contribution is -2.39. The van der Waals surface area contributed by atoms with E-state index in [0.717, 1.165) is 29.8 Å². The summed E-state index contributed by atoms with van der Waals surface area (Å²) in [6.07, 6.45) is 2.17. The first-order chi connectivity index (χ1) is 11.9. The topological polar surface area (TPSA) is 53.5 Å². The van der Waals surface area contributed by atoms with E-state index in [1.54, 1.807) is 26.2 Å². The Morgan fingerprint density at radius 3 is 2.60 bits per heavy atom. The first-order valence-corrected chi connectivity index (χ1v) is 9.67. The molecule has 7 heteroatoms. The molecule has 0 N–H and O–H groups in total. The summed E-state index contributed by atoms with van der Waals surface area (Å²) in [6, 6.07) is 11.8. The molecule has 1 aromatic heterocycles. The second-order valence-corrected chi connectivity index (χ2v) is 8.51. The number of halogens is 1. The zero-order valence-electron chi connectivity index (χ0n) is 14.4. The minimum absolute atomic E-state index is 0.236. The fourth-order valence-corrected chi connectivity index (χ4v) is 4.43. The lowest BCUT2D eigenvalue weighted by Gasteiger charge is -2.26. The van der Waals surface area contributed by atoms with Gasteiger partial charge in [-0.05, 0) is 42.7 Å². The van der Waals surface area contributed by atoms with Gasteiger partial charge in [0.2, 0.25) is 0 Å². The van der Waals surface area contributed by atoms with E-state index in [1.165, 1.54) is 20.7 Å². The maximum absolute atomic E-state index is 13.0. The predicted octanol–water partition coefficient (Wildman–Crippen LogP) is 2.75. The zero-order chi connectivity index (χ0) is 18.0. The van der Waals surface area contributed by atoms with Gasteiger partial charge in [0.05, 0.1) is 11.7 Å². The highest BCUT2D eigenvalue weighted by Gasteiger charge is 2.37. The Kier molecular flexibility index (Phi) is 5.17. The molecule has 134 valence electrons. The average molecular weight is 363 g/mol. The van der Waals surface area contributed by atoms with Crippen molar-refractivity contribution in [1.82, 2.24) is 13.6 Å². The molecule has 0 radical (unpaired) electrons. The number of rotatable bonds is 5. The van der Waals surface area contributed by atoms with Gasteiger partial charge in [0.25, 0.3) is 10.2 Å². The molecule has 3 rings (SSSR count). The fourth-order valence-electron chi connectivity index (χ4n) is 3.12. The Morgan fingerprint density at radius 1 is 1.20 bits per heavy atom. The standard InChI is InChI=1S/C18H22FN3O2S/c1-21(2)25(23,24)22-12-4-7-18(22)17-6-3-5-16(20-17)13-14-8-10-15(19)11-9-14/h3,5-6,8-11,18H,4,7,12-13H2,1-2H3/t18-/m0/s1. The summed E-state index contributed by atoms with van der Waals surface area (Å²) in [7, 11) is -0.376. The minimum atomic E-state index is -3.47. The van der Waals surface area contributed by atoms with E-state index in [4.69, 9.17) is 0 Å². The van der Waals surface area contributed by atoms with Gasteiger partial charge in [-0.1, -0.05) is 18.2 Å². The molecule has 0 aliphatic carbocycles. The summed E-state index contributed by atoms with van der Waals surface area (Å²) in [5, 5.41) is 0. The number of hydrogen-bond acceptors (Lipinski definition) is 3. The van der Waals surface area contributed by atoms with Crippen molar-refractivity contribution in [2.75, 3.05) is 20.6 Å². The van der Waals surface area contributed by atoms with E-state index in [2.05, 4.69) is 4.98 Å². The van der Waals surface area contributed by atoms with Crippen LogP contribution < -0.4 is 0 Å². The third-order valence-corrected chi connectivity index (χ3v) is 6.38. The van der Waals surface area contributed by atoms with Crippen LogP contribution in [-0.2, 0) is 16.6 Å². The Hall–Kier alpha value is -1.83. The van der Waals surface area contributed by atoms with E-state index in [0.29, 0.717) is 13.0 Å². The molecular weight excluding hydrogens is 341 g/mol. The maximum Gasteiger partial charge on any atom is 0.282 e. The van der Waals surface area contributed by atoms with Crippen molar-refractivity contribution in [2.24, 2.45) is 0 Å². The third-order valence-electron chi connectivity index (χ3n) is 4.43. The highest BCUT2D eigenvalue weighted by Crippen LogP contribution is 2.34. The molecule has 2 heterocycles.